The topological polar surface area (TPSA) is 247 Å². The summed E-state index contributed by atoms with van der Waals surface area (Å²) < 4.78 is 0. The largest absolute Gasteiger partial charge is 0.504 e. The number of phenols is 9. The number of nitrogens with zero attached hydrogens (tertiary/aromatic N) is 5. The summed E-state index contributed by atoms with van der Waals surface area (Å²) in [5, 5.41) is 84.3. The Morgan fingerprint density at radius 3 is 0.481 bits per heavy atom. The standard InChI is InChI=1S/5C9H7N.3C6H6O3/c5*1-2-6-9-8(4-1)5-3-7-10-9;3*7-4-2-1-3-5(8)6(4)9/h5*1-7H;3*1-3,7-9H. The molecular formula is C63H53N5O9. The van der Waals surface area contributed by atoms with Crippen molar-refractivity contribution in [1.82, 2.24) is 24.9 Å². The summed E-state index contributed by atoms with van der Waals surface area (Å²) in [5.41, 5.74) is 5.30. The molecule has 0 bridgehead atoms. The smallest absolute Gasteiger partial charge is 0.200 e. The van der Waals surface area contributed by atoms with Crippen LogP contribution < -0.4 is 0 Å². The lowest BCUT2D eigenvalue weighted by Crippen LogP contribution is -1.73. The fourth-order valence-electron chi connectivity index (χ4n) is 6.64. The van der Waals surface area contributed by atoms with Crippen LogP contribution in [0.1, 0.15) is 0 Å². The van der Waals surface area contributed by atoms with Crippen molar-refractivity contribution in [2.45, 2.75) is 0 Å². The van der Waals surface area contributed by atoms with Gasteiger partial charge in [-0.15, -0.1) is 0 Å². The molecule has 14 nitrogen and oxygen atoms in total. The summed E-state index contributed by atoms with van der Waals surface area (Å²) >= 11 is 0. The van der Waals surface area contributed by atoms with Gasteiger partial charge in [0.25, 0.3) is 0 Å². The average molecular weight is 1020 g/mol. The first-order chi connectivity index (χ1) is 37.5. The Balaban J connectivity index is 0.000000143. The summed E-state index contributed by atoms with van der Waals surface area (Å²) in [4.78, 5) is 20.9. The molecule has 0 aliphatic heterocycles. The number of pyridine rings is 5. The second kappa shape index (κ2) is 29.5. The van der Waals surface area contributed by atoms with E-state index in [0.29, 0.717) is 0 Å². The molecule has 0 fully saturated rings. The number of fused-ring (bicyclic) bond motifs is 5. The molecule has 13 aromatic rings. The summed E-state index contributed by atoms with van der Waals surface area (Å²) in [6.45, 7) is 0. The second-order valence-corrected chi connectivity index (χ2v) is 15.9. The van der Waals surface area contributed by atoms with E-state index in [0.717, 1.165) is 27.6 Å². The van der Waals surface area contributed by atoms with Crippen LogP contribution in [0.25, 0.3) is 54.5 Å². The average Bonchev–Trinajstić information content (AvgIpc) is 3.48. The molecule has 0 amide bonds. The highest BCUT2D eigenvalue weighted by atomic mass is 16.3. The molecule has 5 heterocycles. The van der Waals surface area contributed by atoms with Crippen molar-refractivity contribution in [1.29, 1.82) is 0 Å². The molecule has 8 aromatic carbocycles. The highest BCUT2D eigenvalue weighted by Crippen LogP contribution is 2.34. The molecule has 5 aromatic heterocycles. The van der Waals surface area contributed by atoms with Crippen LogP contribution in [0.2, 0.25) is 0 Å². The van der Waals surface area contributed by atoms with Gasteiger partial charge in [-0.2, -0.15) is 0 Å². The minimum atomic E-state index is -0.475. The zero-order chi connectivity index (χ0) is 54.6. The molecule has 0 unspecified atom stereocenters. The third kappa shape index (κ3) is 17.6. The van der Waals surface area contributed by atoms with Crippen molar-refractivity contribution >= 4 is 54.5 Å². The first-order valence-electron chi connectivity index (χ1n) is 23.6. The summed E-state index contributed by atoms with van der Waals surface area (Å²) in [5.74, 6) is -3.28. The van der Waals surface area contributed by atoms with Gasteiger partial charge in [-0.1, -0.05) is 140 Å². The molecular weight excluding hydrogens is 971 g/mol. The highest BCUT2D eigenvalue weighted by molar-refractivity contribution is 5.80. The Kier molecular flexibility index (Phi) is 21.2. The molecule has 0 saturated heterocycles. The number of aromatic nitrogens is 5. The van der Waals surface area contributed by atoms with Crippen LogP contribution in [0.5, 0.6) is 51.7 Å². The van der Waals surface area contributed by atoms with Crippen LogP contribution in [0.15, 0.2) is 268 Å². The molecule has 0 saturated carbocycles. The minimum Gasteiger partial charge on any atom is -0.504 e. The van der Waals surface area contributed by atoms with E-state index in [1.54, 1.807) is 0 Å². The molecule has 9 N–H and O–H groups in total. The van der Waals surface area contributed by atoms with Crippen molar-refractivity contribution in [2.24, 2.45) is 0 Å². The fourth-order valence-corrected chi connectivity index (χ4v) is 6.64. The van der Waals surface area contributed by atoms with Crippen molar-refractivity contribution < 1.29 is 46.0 Å². The van der Waals surface area contributed by atoms with Crippen LogP contribution in [0, 0.1) is 0 Å². The molecule has 0 spiro atoms. The van der Waals surface area contributed by atoms with Crippen LogP contribution in [0.4, 0.5) is 0 Å². The quantitative estimate of drug-likeness (QED) is 0.0642. The maximum atomic E-state index is 8.71. The Bertz CT molecular complexity index is 2970. The summed E-state index contributed by atoms with van der Waals surface area (Å²) in [6.07, 6.45) is 9.04. The maximum absolute atomic E-state index is 8.71. The van der Waals surface area contributed by atoms with E-state index < -0.39 is 17.2 Å². The van der Waals surface area contributed by atoms with E-state index in [2.05, 4.69) is 85.6 Å². The van der Waals surface area contributed by atoms with Crippen LogP contribution in [-0.2, 0) is 0 Å². The molecule has 0 aliphatic rings. The van der Waals surface area contributed by atoms with Gasteiger partial charge in [0.05, 0.1) is 27.6 Å². The van der Waals surface area contributed by atoms with Crippen molar-refractivity contribution in [3.05, 3.63) is 268 Å². The lowest BCUT2D eigenvalue weighted by Gasteiger charge is -1.96. The Labute approximate surface area is 443 Å². The van der Waals surface area contributed by atoms with Gasteiger partial charge in [0, 0.05) is 57.9 Å². The van der Waals surface area contributed by atoms with Crippen LogP contribution in [-0.4, -0.2) is 70.9 Å². The Morgan fingerprint density at radius 1 is 0.169 bits per heavy atom. The van der Waals surface area contributed by atoms with E-state index in [1.165, 1.54) is 81.5 Å². The number of phenolic OH excluding ortho intramolecular Hbond substituents is 9. The fraction of sp³-hybridized carbons (Fsp3) is 0. The SMILES string of the molecule is Oc1cccc(O)c1O.Oc1cccc(O)c1O.Oc1cccc(O)c1O.c1ccc2ncccc2c1.c1ccc2ncccc2c1.c1ccc2ncccc2c1.c1ccc2ncccc2c1.c1ccc2ncccc2c1. The Morgan fingerprint density at radius 2 is 0.325 bits per heavy atom. The lowest BCUT2D eigenvalue weighted by molar-refractivity contribution is 0.368. The zero-order valence-electron chi connectivity index (χ0n) is 41.2. The second-order valence-electron chi connectivity index (χ2n) is 15.9. The monoisotopic (exact) mass is 1020 g/mol. The van der Waals surface area contributed by atoms with E-state index in [1.807, 2.05) is 152 Å². The first-order valence-corrected chi connectivity index (χ1v) is 23.6. The molecule has 0 atom stereocenters. The van der Waals surface area contributed by atoms with E-state index >= 15 is 0 Å². The molecule has 0 radical (unpaired) electrons. The molecule has 14 heteroatoms. The van der Waals surface area contributed by atoms with Gasteiger partial charge in [0.2, 0.25) is 0 Å². The Hall–Kier alpha value is -11.0. The van der Waals surface area contributed by atoms with Gasteiger partial charge >= 0.3 is 0 Å². The van der Waals surface area contributed by atoms with Gasteiger partial charge < -0.3 is 46.0 Å². The lowest BCUT2D eigenvalue weighted by atomic mass is 10.2. The molecule has 13 rings (SSSR count). The number of hydrogen-bond donors (Lipinski definition) is 9. The van der Waals surface area contributed by atoms with Gasteiger partial charge in [0.1, 0.15) is 0 Å². The number of hydrogen-bond acceptors (Lipinski definition) is 14. The van der Waals surface area contributed by atoms with Crippen LogP contribution >= 0.6 is 0 Å². The summed E-state index contributed by atoms with van der Waals surface area (Å²) in [6, 6.07) is 72.5. The molecule has 0 aliphatic carbocycles. The van der Waals surface area contributed by atoms with Crippen molar-refractivity contribution in [3.8, 4) is 51.7 Å². The number of aromatic hydroxyl groups is 9. The van der Waals surface area contributed by atoms with E-state index in [4.69, 9.17) is 46.0 Å². The third-order valence-electron chi connectivity index (χ3n) is 10.5. The van der Waals surface area contributed by atoms with E-state index in [9.17, 15) is 0 Å². The predicted octanol–water partition coefficient (Wildman–Crippen LogP) is 13.6. The van der Waals surface area contributed by atoms with Gasteiger partial charge in [-0.3, -0.25) is 24.9 Å². The molecule has 77 heavy (non-hydrogen) atoms. The summed E-state index contributed by atoms with van der Waals surface area (Å²) in [7, 11) is 0. The molecule has 384 valence electrons. The number of rotatable bonds is 0. The predicted molar refractivity (Wildman–Crippen MR) is 303 cm³/mol. The first kappa shape index (κ1) is 55.3. The van der Waals surface area contributed by atoms with E-state index in [-0.39, 0.29) is 34.5 Å². The van der Waals surface area contributed by atoms with Crippen LogP contribution in [0.3, 0.4) is 0 Å². The third-order valence-corrected chi connectivity index (χ3v) is 10.5. The minimum absolute atomic E-state index is 0.310. The van der Waals surface area contributed by atoms with Crippen molar-refractivity contribution in [2.75, 3.05) is 0 Å². The van der Waals surface area contributed by atoms with Crippen molar-refractivity contribution in [3.63, 3.8) is 0 Å². The number of benzene rings is 8. The van der Waals surface area contributed by atoms with Gasteiger partial charge in [-0.25, -0.2) is 0 Å². The maximum Gasteiger partial charge on any atom is 0.200 e. The normalized spacial score (nSPS) is 9.77. The van der Waals surface area contributed by atoms with Gasteiger partial charge in [0.15, 0.2) is 51.7 Å². The zero-order valence-corrected chi connectivity index (χ0v) is 41.2. The number of para-hydroxylation sites is 8. The highest BCUT2D eigenvalue weighted by Gasteiger charge is 2.03. The van der Waals surface area contributed by atoms with Gasteiger partial charge in [-0.05, 0) is 97.1 Å².